The minimum atomic E-state index is -0.442. The van der Waals surface area contributed by atoms with Gasteiger partial charge in [0.1, 0.15) is 12.2 Å². The Kier molecular flexibility index (Phi) is 7.58. The number of carbonyl (C=O) groups excluding carboxylic acids is 1. The van der Waals surface area contributed by atoms with Crippen LogP contribution in [0.5, 0.6) is 11.5 Å². The number of furan rings is 1. The van der Waals surface area contributed by atoms with Crippen molar-refractivity contribution in [2.45, 2.75) is 13.5 Å². The van der Waals surface area contributed by atoms with E-state index in [1.807, 2.05) is 49.4 Å². The highest BCUT2D eigenvalue weighted by molar-refractivity contribution is 9.10. The zero-order valence-electron chi connectivity index (χ0n) is 19.8. The number of carbonyl (C=O) groups is 1. The minimum Gasteiger partial charge on any atom is -0.490 e. The number of rotatable bonds is 8. The first-order chi connectivity index (χ1) is 18.0. The van der Waals surface area contributed by atoms with Crippen molar-refractivity contribution in [3.8, 4) is 11.5 Å². The van der Waals surface area contributed by atoms with E-state index >= 15 is 0 Å². The van der Waals surface area contributed by atoms with Crippen LogP contribution in [0.15, 0.2) is 97.3 Å². The van der Waals surface area contributed by atoms with Crippen LogP contribution in [0.3, 0.4) is 0 Å². The predicted molar refractivity (Wildman–Crippen MR) is 153 cm³/mol. The minimum absolute atomic E-state index is 0.179. The Hall–Kier alpha value is -3.62. The number of hydrazone groups is 1. The average Bonchev–Trinajstić information content (AvgIpc) is 3.32. The van der Waals surface area contributed by atoms with Gasteiger partial charge in [-0.2, -0.15) is 5.10 Å². The smallest absolute Gasteiger partial charge is 0.307 e. The molecule has 186 valence electrons. The van der Waals surface area contributed by atoms with Crippen molar-refractivity contribution in [2.24, 2.45) is 5.10 Å². The van der Waals surface area contributed by atoms with Crippen LogP contribution in [0.25, 0.3) is 21.7 Å². The number of hydrogen-bond donors (Lipinski definition) is 1. The molecule has 0 fully saturated rings. The van der Waals surface area contributed by atoms with Crippen LogP contribution in [-0.2, 0) is 6.61 Å². The summed E-state index contributed by atoms with van der Waals surface area (Å²) in [5.41, 5.74) is 4.94. The lowest BCUT2D eigenvalue weighted by Crippen LogP contribution is -2.16. The highest BCUT2D eigenvalue weighted by Gasteiger charge is 2.14. The van der Waals surface area contributed by atoms with Gasteiger partial charge in [-0.25, -0.2) is 5.43 Å². The van der Waals surface area contributed by atoms with Crippen LogP contribution < -0.4 is 14.9 Å². The predicted octanol–water partition coefficient (Wildman–Crippen LogP) is 7.85. The van der Waals surface area contributed by atoms with Gasteiger partial charge >= 0.3 is 5.91 Å². The maximum atomic E-state index is 12.5. The van der Waals surface area contributed by atoms with E-state index in [4.69, 9.17) is 13.9 Å². The first kappa shape index (κ1) is 25.0. The number of benzene rings is 4. The lowest BCUT2D eigenvalue weighted by molar-refractivity contribution is 0.0929. The van der Waals surface area contributed by atoms with E-state index in [0.29, 0.717) is 34.8 Å². The zero-order chi connectivity index (χ0) is 25.8. The molecular weight excluding hydrogens is 600 g/mol. The van der Waals surface area contributed by atoms with Crippen molar-refractivity contribution in [3.05, 3.63) is 105 Å². The molecule has 4 aromatic carbocycles. The lowest BCUT2D eigenvalue weighted by atomic mass is 10.1. The van der Waals surface area contributed by atoms with Crippen LogP contribution in [-0.4, -0.2) is 18.7 Å². The summed E-state index contributed by atoms with van der Waals surface area (Å²) < 4.78 is 19.3. The standard InChI is InChI=1S/C29H22Br2N2O4/c1-2-35-26-13-18(16-32-33-29(34)27-15-21-14-22(30)10-11-25(21)37-27)12-24(31)28(26)36-17-20-8-5-7-19-6-3-4-9-23(19)20/h3-16H,2,17H2,1H3,(H,33,34)/b32-16+. The van der Waals surface area contributed by atoms with Crippen molar-refractivity contribution in [1.29, 1.82) is 0 Å². The van der Waals surface area contributed by atoms with Crippen molar-refractivity contribution in [3.63, 3.8) is 0 Å². The van der Waals surface area contributed by atoms with E-state index in [2.05, 4.69) is 66.7 Å². The van der Waals surface area contributed by atoms with Crippen LogP contribution in [0.2, 0.25) is 0 Å². The number of nitrogens with zero attached hydrogens (tertiary/aromatic N) is 1. The molecule has 1 heterocycles. The summed E-state index contributed by atoms with van der Waals surface area (Å²) in [4.78, 5) is 12.5. The second-order valence-electron chi connectivity index (χ2n) is 8.18. The summed E-state index contributed by atoms with van der Waals surface area (Å²) in [5, 5.41) is 7.23. The van der Waals surface area contributed by atoms with Gasteiger partial charge in [-0.15, -0.1) is 0 Å². The number of halogens is 2. The molecule has 0 aliphatic rings. The summed E-state index contributed by atoms with van der Waals surface area (Å²) in [6, 6.07) is 25.3. The third-order valence-electron chi connectivity index (χ3n) is 5.67. The number of nitrogens with one attached hydrogen (secondary N) is 1. The van der Waals surface area contributed by atoms with Crippen LogP contribution in [0.1, 0.15) is 28.6 Å². The summed E-state index contributed by atoms with van der Waals surface area (Å²) in [6.45, 7) is 2.77. The average molecular weight is 622 g/mol. The fraction of sp³-hybridized carbons (Fsp3) is 0.103. The third kappa shape index (κ3) is 5.70. The van der Waals surface area contributed by atoms with Gasteiger partial charge in [0, 0.05) is 9.86 Å². The largest absolute Gasteiger partial charge is 0.490 e. The van der Waals surface area contributed by atoms with Crippen molar-refractivity contribution in [1.82, 2.24) is 5.43 Å². The lowest BCUT2D eigenvalue weighted by Gasteiger charge is -2.15. The highest BCUT2D eigenvalue weighted by Crippen LogP contribution is 2.37. The highest BCUT2D eigenvalue weighted by atomic mass is 79.9. The van der Waals surface area contributed by atoms with Crippen LogP contribution >= 0.6 is 31.9 Å². The van der Waals surface area contributed by atoms with Gasteiger partial charge in [-0.05, 0) is 81.2 Å². The Bertz CT molecular complexity index is 1620. The molecule has 0 aliphatic heterocycles. The Morgan fingerprint density at radius 3 is 2.68 bits per heavy atom. The monoisotopic (exact) mass is 620 g/mol. The number of amides is 1. The second-order valence-corrected chi connectivity index (χ2v) is 9.95. The second kappa shape index (κ2) is 11.2. The van der Waals surface area contributed by atoms with Crippen LogP contribution in [0.4, 0.5) is 0 Å². The van der Waals surface area contributed by atoms with E-state index in [1.54, 1.807) is 18.3 Å². The molecule has 5 rings (SSSR count). The maximum absolute atomic E-state index is 12.5. The molecule has 8 heteroatoms. The molecule has 1 aromatic heterocycles. The fourth-order valence-electron chi connectivity index (χ4n) is 3.98. The molecule has 5 aromatic rings. The van der Waals surface area contributed by atoms with E-state index < -0.39 is 5.91 Å². The van der Waals surface area contributed by atoms with Gasteiger partial charge in [-0.3, -0.25) is 4.79 Å². The third-order valence-corrected chi connectivity index (χ3v) is 6.75. The van der Waals surface area contributed by atoms with Gasteiger partial charge in [0.05, 0.1) is 17.3 Å². The topological polar surface area (TPSA) is 73.1 Å². The van der Waals surface area contributed by atoms with E-state index in [-0.39, 0.29) is 5.76 Å². The van der Waals surface area contributed by atoms with Gasteiger partial charge in [0.2, 0.25) is 0 Å². The molecule has 6 nitrogen and oxygen atoms in total. The maximum Gasteiger partial charge on any atom is 0.307 e. The van der Waals surface area contributed by atoms with Crippen molar-refractivity contribution >= 4 is 65.7 Å². The molecule has 0 unspecified atom stereocenters. The number of ether oxygens (including phenoxy) is 2. The molecule has 0 atom stereocenters. The summed E-state index contributed by atoms with van der Waals surface area (Å²) in [5.74, 6) is 0.915. The van der Waals surface area contributed by atoms with Gasteiger partial charge in [0.15, 0.2) is 17.3 Å². The zero-order valence-corrected chi connectivity index (χ0v) is 23.0. The quantitative estimate of drug-likeness (QED) is 0.141. The van der Waals surface area contributed by atoms with E-state index in [1.165, 1.54) is 0 Å². The molecule has 0 saturated heterocycles. The first-order valence-electron chi connectivity index (χ1n) is 11.6. The molecule has 1 amide bonds. The van der Waals surface area contributed by atoms with Crippen molar-refractivity contribution in [2.75, 3.05) is 6.61 Å². The molecule has 0 aliphatic carbocycles. The summed E-state index contributed by atoms with van der Waals surface area (Å²) in [7, 11) is 0. The molecule has 0 spiro atoms. The Labute approximate surface area is 230 Å². The fourth-order valence-corrected chi connectivity index (χ4v) is 4.93. The van der Waals surface area contributed by atoms with Crippen molar-refractivity contribution < 1.29 is 18.7 Å². The molecule has 1 N–H and O–H groups in total. The van der Waals surface area contributed by atoms with Gasteiger partial charge in [-0.1, -0.05) is 58.4 Å². The molecule has 37 heavy (non-hydrogen) atoms. The Balaban J connectivity index is 1.31. The Morgan fingerprint density at radius 1 is 0.973 bits per heavy atom. The molecule has 0 radical (unpaired) electrons. The number of hydrogen-bond acceptors (Lipinski definition) is 5. The molecule has 0 saturated carbocycles. The molecular formula is C29H22Br2N2O4. The first-order valence-corrected chi connectivity index (χ1v) is 13.2. The van der Waals surface area contributed by atoms with E-state index in [9.17, 15) is 4.79 Å². The number of fused-ring (bicyclic) bond motifs is 2. The summed E-state index contributed by atoms with van der Waals surface area (Å²) in [6.07, 6.45) is 1.54. The van der Waals surface area contributed by atoms with Gasteiger partial charge in [0.25, 0.3) is 0 Å². The van der Waals surface area contributed by atoms with Crippen LogP contribution in [0, 0.1) is 0 Å². The summed E-state index contributed by atoms with van der Waals surface area (Å²) >= 11 is 7.02. The molecule has 0 bridgehead atoms. The Morgan fingerprint density at radius 2 is 1.81 bits per heavy atom. The van der Waals surface area contributed by atoms with E-state index in [0.717, 1.165) is 31.8 Å². The van der Waals surface area contributed by atoms with Gasteiger partial charge < -0.3 is 13.9 Å². The SMILES string of the molecule is CCOc1cc(/C=N/NC(=O)c2cc3cc(Br)ccc3o2)cc(Br)c1OCc1cccc2ccccc12. The normalized spacial score (nSPS) is 11.3.